The highest BCUT2D eigenvalue weighted by molar-refractivity contribution is 6.33. The van der Waals surface area contributed by atoms with Crippen molar-refractivity contribution in [2.75, 3.05) is 6.54 Å². The van der Waals surface area contributed by atoms with Crippen molar-refractivity contribution in [3.63, 3.8) is 0 Å². The minimum Gasteiger partial charge on any atom is -0.334 e. The molecule has 1 fully saturated rings. The van der Waals surface area contributed by atoms with Gasteiger partial charge in [0.2, 0.25) is 0 Å². The van der Waals surface area contributed by atoms with Crippen LogP contribution in [-0.2, 0) is 0 Å². The number of rotatable bonds is 2. The topological polar surface area (TPSA) is 77.0 Å². The van der Waals surface area contributed by atoms with Crippen LogP contribution in [0.15, 0.2) is 18.2 Å². The Labute approximate surface area is 108 Å². The van der Waals surface area contributed by atoms with Gasteiger partial charge in [-0.25, -0.2) is 9.82 Å². The number of carbonyl (C=O) groups is 1. The van der Waals surface area contributed by atoms with Gasteiger partial charge in [-0.3, -0.25) is 10.2 Å². The molecule has 94 valence electrons. The van der Waals surface area contributed by atoms with Gasteiger partial charge in [0.25, 0.3) is 5.91 Å². The zero-order chi connectivity index (χ0) is 13.1. The Kier molecular flexibility index (Phi) is 3.77. The molecule has 0 radical (unpaired) electrons. The number of hydrogen-bond acceptors (Lipinski definition) is 4. The lowest BCUT2D eigenvalue weighted by atomic mass is 10.1. The quantitative estimate of drug-likeness (QED) is 0.741. The first kappa shape index (κ1) is 12.8. The van der Waals surface area contributed by atoms with Gasteiger partial charge in [-0.1, -0.05) is 11.6 Å². The molecule has 7 heteroatoms. The normalized spacial score (nSPS) is 22.5. The zero-order valence-corrected chi connectivity index (χ0v) is 9.96. The average molecular weight is 269 g/mol. The van der Waals surface area contributed by atoms with E-state index in [0.717, 1.165) is 12.1 Å². The van der Waals surface area contributed by atoms with Gasteiger partial charge in [0, 0.05) is 6.54 Å². The number of benzene rings is 1. The smallest absolute Gasteiger partial charge is 0.254 e. The van der Waals surface area contributed by atoms with Gasteiger partial charge < -0.3 is 5.32 Å². The Bertz CT molecular complexity index is 516. The summed E-state index contributed by atoms with van der Waals surface area (Å²) in [6, 6.07) is 5.59. The lowest BCUT2D eigenvalue weighted by Crippen LogP contribution is -2.46. The summed E-state index contributed by atoms with van der Waals surface area (Å²) in [5.74, 6) is -1.33. The monoisotopic (exact) mass is 268 g/mol. The molecular weight excluding hydrogens is 259 g/mol. The van der Waals surface area contributed by atoms with Crippen LogP contribution in [0.5, 0.6) is 0 Å². The van der Waals surface area contributed by atoms with E-state index in [2.05, 4.69) is 22.2 Å². The molecule has 0 aromatic heterocycles. The summed E-state index contributed by atoms with van der Waals surface area (Å²) in [5, 5.41) is 11.5. The number of amides is 1. The van der Waals surface area contributed by atoms with E-state index in [4.69, 9.17) is 16.9 Å². The molecule has 1 aliphatic heterocycles. The third-order valence-corrected chi connectivity index (χ3v) is 2.92. The third kappa shape index (κ3) is 2.59. The molecule has 0 saturated carbocycles. The van der Waals surface area contributed by atoms with Crippen LogP contribution in [-0.4, -0.2) is 18.6 Å². The maximum absolute atomic E-state index is 12.9. The fraction of sp³-hybridized carbons (Fsp3) is 0.273. The van der Waals surface area contributed by atoms with Gasteiger partial charge in [-0.2, -0.15) is 5.26 Å². The zero-order valence-electron chi connectivity index (χ0n) is 9.21. The maximum atomic E-state index is 12.9. The highest BCUT2D eigenvalue weighted by Gasteiger charge is 2.28. The van der Waals surface area contributed by atoms with E-state index in [9.17, 15) is 9.18 Å². The first-order valence-corrected chi connectivity index (χ1v) is 5.63. The van der Waals surface area contributed by atoms with Crippen molar-refractivity contribution in [1.29, 1.82) is 5.26 Å². The first-order valence-electron chi connectivity index (χ1n) is 5.25. The minimum absolute atomic E-state index is 0.0342. The molecule has 1 amide bonds. The Morgan fingerprint density at radius 3 is 3.06 bits per heavy atom. The molecule has 0 aliphatic carbocycles. The second-order valence-corrected chi connectivity index (χ2v) is 4.24. The molecule has 2 atom stereocenters. The lowest BCUT2D eigenvalue weighted by Gasteiger charge is -2.15. The van der Waals surface area contributed by atoms with Crippen molar-refractivity contribution in [3.8, 4) is 6.07 Å². The minimum atomic E-state index is -0.507. The molecule has 1 heterocycles. The SMILES string of the molecule is N#CC1CNNC1NC(=O)c1ccc(F)cc1Cl. The number of nitrogens with zero attached hydrogens (tertiary/aromatic N) is 1. The predicted molar refractivity (Wildman–Crippen MR) is 62.9 cm³/mol. The molecule has 5 nitrogen and oxygen atoms in total. The van der Waals surface area contributed by atoms with Gasteiger partial charge >= 0.3 is 0 Å². The van der Waals surface area contributed by atoms with E-state index >= 15 is 0 Å². The Hall–Kier alpha value is -1.68. The molecule has 0 spiro atoms. The number of carbonyl (C=O) groups excluding carboxylic acids is 1. The largest absolute Gasteiger partial charge is 0.334 e. The van der Waals surface area contributed by atoms with Crippen molar-refractivity contribution in [3.05, 3.63) is 34.6 Å². The van der Waals surface area contributed by atoms with E-state index < -0.39 is 17.9 Å². The van der Waals surface area contributed by atoms with Crippen molar-refractivity contribution in [2.45, 2.75) is 6.17 Å². The second-order valence-electron chi connectivity index (χ2n) is 3.84. The Balaban J connectivity index is 2.10. The molecule has 1 aliphatic rings. The van der Waals surface area contributed by atoms with Crippen LogP contribution in [0.3, 0.4) is 0 Å². The lowest BCUT2D eigenvalue weighted by molar-refractivity contribution is 0.0927. The molecule has 1 saturated heterocycles. The van der Waals surface area contributed by atoms with Crippen molar-refractivity contribution in [2.24, 2.45) is 5.92 Å². The van der Waals surface area contributed by atoms with Gasteiger partial charge in [-0.15, -0.1) is 0 Å². The highest BCUT2D eigenvalue weighted by Crippen LogP contribution is 2.17. The Morgan fingerprint density at radius 1 is 1.61 bits per heavy atom. The van der Waals surface area contributed by atoms with Crippen LogP contribution in [0.2, 0.25) is 5.02 Å². The molecular formula is C11H10ClFN4O. The van der Waals surface area contributed by atoms with Crippen molar-refractivity contribution < 1.29 is 9.18 Å². The number of hydrogen-bond donors (Lipinski definition) is 3. The predicted octanol–water partition coefficient (Wildman–Crippen LogP) is 0.783. The molecule has 3 N–H and O–H groups in total. The molecule has 1 aromatic carbocycles. The van der Waals surface area contributed by atoms with E-state index in [1.54, 1.807) is 0 Å². The van der Waals surface area contributed by atoms with Gasteiger partial charge in [0.15, 0.2) is 0 Å². The maximum Gasteiger partial charge on any atom is 0.254 e. The van der Waals surface area contributed by atoms with E-state index in [-0.39, 0.29) is 16.5 Å². The van der Waals surface area contributed by atoms with Crippen LogP contribution >= 0.6 is 11.6 Å². The molecule has 0 bridgehead atoms. The van der Waals surface area contributed by atoms with E-state index in [0.29, 0.717) is 6.54 Å². The summed E-state index contributed by atoms with van der Waals surface area (Å²) in [6.07, 6.45) is -0.497. The summed E-state index contributed by atoms with van der Waals surface area (Å²) < 4.78 is 12.9. The summed E-state index contributed by atoms with van der Waals surface area (Å²) in [7, 11) is 0. The van der Waals surface area contributed by atoms with Gasteiger partial charge in [0.05, 0.1) is 22.6 Å². The van der Waals surface area contributed by atoms with Gasteiger partial charge in [0.1, 0.15) is 12.0 Å². The van der Waals surface area contributed by atoms with Crippen molar-refractivity contribution in [1.82, 2.24) is 16.2 Å². The number of halogens is 2. The average Bonchev–Trinajstić information content (AvgIpc) is 2.76. The summed E-state index contributed by atoms with van der Waals surface area (Å²) in [6.45, 7) is 0.443. The fourth-order valence-corrected chi connectivity index (χ4v) is 1.90. The first-order chi connectivity index (χ1) is 8.61. The number of hydrazine groups is 1. The van der Waals surface area contributed by atoms with Crippen LogP contribution in [0, 0.1) is 23.1 Å². The van der Waals surface area contributed by atoms with Gasteiger partial charge in [-0.05, 0) is 18.2 Å². The molecule has 2 unspecified atom stereocenters. The van der Waals surface area contributed by atoms with Crippen molar-refractivity contribution >= 4 is 17.5 Å². The van der Waals surface area contributed by atoms with Crippen LogP contribution < -0.4 is 16.2 Å². The second kappa shape index (κ2) is 5.31. The van der Waals surface area contributed by atoms with E-state index in [1.165, 1.54) is 6.07 Å². The van der Waals surface area contributed by atoms with E-state index in [1.807, 2.05) is 0 Å². The standard InChI is InChI=1S/C11H10ClFN4O/c12-9-3-7(13)1-2-8(9)11(18)16-10-6(4-14)5-15-17-10/h1-3,6,10,15,17H,5H2,(H,16,18). The van der Waals surface area contributed by atoms with Crippen LogP contribution in [0.1, 0.15) is 10.4 Å². The van der Waals surface area contributed by atoms with Crippen LogP contribution in [0.4, 0.5) is 4.39 Å². The van der Waals surface area contributed by atoms with Crippen LogP contribution in [0.25, 0.3) is 0 Å². The molecule has 2 rings (SSSR count). The fourth-order valence-electron chi connectivity index (χ4n) is 1.65. The molecule has 18 heavy (non-hydrogen) atoms. The highest BCUT2D eigenvalue weighted by atomic mass is 35.5. The summed E-state index contributed by atoms with van der Waals surface area (Å²) in [4.78, 5) is 11.9. The Morgan fingerprint density at radius 2 is 2.39 bits per heavy atom. The number of nitriles is 1. The molecule has 1 aromatic rings. The number of nitrogens with one attached hydrogen (secondary N) is 3. The summed E-state index contributed by atoms with van der Waals surface area (Å²) >= 11 is 5.78. The third-order valence-electron chi connectivity index (χ3n) is 2.61. The summed E-state index contributed by atoms with van der Waals surface area (Å²) in [5.41, 5.74) is 5.71.